The van der Waals surface area contributed by atoms with E-state index in [-0.39, 0.29) is 6.10 Å². The predicted molar refractivity (Wildman–Crippen MR) is 95.0 cm³/mol. The zero-order valence-corrected chi connectivity index (χ0v) is 14.3. The minimum Gasteiger partial charge on any atom is -0.391 e. The molecule has 0 bridgehead atoms. The van der Waals surface area contributed by atoms with Gasteiger partial charge in [0.2, 0.25) is 0 Å². The third-order valence-corrected chi connectivity index (χ3v) is 4.70. The lowest BCUT2D eigenvalue weighted by molar-refractivity contribution is 0.188. The van der Waals surface area contributed by atoms with Gasteiger partial charge in [-0.1, -0.05) is 12.1 Å². The first kappa shape index (κ1) is 16.1. The molecule has 1 saturated heterocycles. The molecule has 1 aromatic carbocycles. The van der Waals surface area contributed by atoms with Gasteiger partial charge in [0.05, 0.1) is 12.6 Å². The van der Waals surface area contributed by atoms with Gasteiger partial charge < -0.3 is 20.2 Å². The van der Waals surface area contributed by atoms with Crippen molar-refractivity contribution in [3.05, 3.63) is 29.3 Å². The van der Waals surface area contributed by atoms with Crippen LogP contribution in [-0.2, 0) is 13.0 Å². The molecule has 1 aromatic rings. The van der Waals surface area contributed by atoms with Crippen LogP contribution in [0.1, 0.15) is 30.9 Å². The lowest BCUT2D eigenvalue weighted by Gasteiger charge is -2.27. The number of aryl methyl sites for hydroxylation is 1. The van der Waals surface area contributed by atoms with Crippen LogP contribution in [0.5, 0.6) is 0 Å². The van der Waals surface area contributed by atoms with E-state index in [2.05, 4.69) is 47.3 Å². The molecule has 0 spiro atoms. The van der Waals surface area contributed by atoms with Gasteiger partial charge in [-0.25, -0.2) is 4.99 Å². The smallest absolute Gasteiger partial charge is 0.194 e. The molecule has 3 rings (SSSR count). The normalized spacial score (nSPS) is 21.5. The summed E-state index contributed by atoms with van der Waals surface area (Å²) in [5, 5.41) is 13.1. The third kappa shape index (κ3) is 3.78. The van der Waals surface area contributed by atoms with Crippen molar-refractivity contribution >= 4 is 11.6 Å². The molecule has 1 fully saturated rings. The number of fused-ring (bicyclic) bond motifs is 1. The molecule has 126 valence electrons. The van der Waals surface area contributed by atoms with Gasteiger partial charge in [0, 0.05) is 38.9 Å². The number of nitrogens with one attached hydrogen (secondary N) is 1. The summed E-state index contributed by atoms with van der Waals surface area (Å²) < 4.78 is 0. The Morgan fingerprint density at radius 1 is 1.39 bits per heavy atom. The molecule has 23 heavy (non-hydrogen) atoms. The summed E-state index contributed by atoms with van der Waals surface area (Å²) in [5.41, 5.74) is 4.06. The van der Waals surface area contributed by atoms with Crippen molar-refractivity contribution in [3.8, 4) is 0 Å². The first-order valence-electron chi connectivity index (χ1n) is 8.71. The second-order valence-corrected chi connectivity index (χ2v) is 6.55. The number of aliphatic hydroxyl groups excluding tert-OH is 1. The average molecular weight is 316 g/mol. The van der Waals surface area contributed by atoms with Crippen LogP contribution in [0.3, 0.4) is 0 Å². The SMILES string of the molecule is CCNC(=NCc1ccc2c(c1)CCCN2C)N1CC[C@@H](O)C1. The Kier molecular flexibility index (Phi) is 5.06. The molecule has 5 nitrogen and oxygen atoms in total. The standard InChI is InChI=1S/C18H28N4O/c1-3-19-18(22-10-8-16(23)13-22)20-12-14-6-7-17-15(11-14)5-4-9-21(17)2/h6-7,11,16,23H,3-5,8-10,12-13H2,1-2H3,(H,19,20)/t16-/m1/s1. The molecule has 2 N–H and O–H groups in total. The number of β-amino-alcohol motifs (C(OH)–C–C–N with tert-alkyl or cyclic N) is 1. The Balaban J connectivity index is 1.72. The Morgan fingerprint density at radius 2 is 2.26 bits per heavy atom. The average Bonchev–Trinajstić information content (AvgIpc) is 2.98. The maximum atomic E-state index is 9.73. The number of benzene rings is 1. The second kappa shape index (κ2) is 7.21. The van der Waals surface area contributed by atoms with Gasteiger partial charge in [-0.15, -0.1) is 0 Å². The number of nitrogens with zero attached hydrogens (tertiary/aromatic N) is 3. The van der Waals surface area contributed by atoms with Gasteiger partial charge in [0.1, 0.15) is 0 Å². The number of rotatable bonds is 3. The van der Waals surface area contributed by atoms with Crippen molar-refractivity contribution in [2.24, 2.45) is 4.99 Å². The van der Waals surface area contributed by atoms with Crippen LogP contribution in [0.15, 0.2) is 23.2 Å². The monoisotopic (exact) mass is 316 g/mol. The lowest BCUT2D eigenvalue weighted by atomic mass is 10.00. The fraction of sp³-hybridized carbons (Fsp3) is 0.611. The first-order chi connectivity index (χ1) is 11.2. The molecule has 2 aliphatic rings. The van der Waals surface area contributed by atoms with Crippen LogP contribution >= 0.6 is 0 Å². The highest BCUT2D eigenvalue weighted by molar-refractivity contribution is 5.80. The fourth-order valence-corrected chi connectivity index (χ4v) is 3.46. The Bertz CT molecular complexity index is 572. The van der Waals surface area contributed by atoms with Gasteiger partial charge in [-0.05, 0) is 43.4 Å². The van der Waals surface area contributed by atoms with Crippen LogP contribution in [0, 0.1) is 0 Å². The van der Waals surface area contributed by atoms with E-state index < -0.39 is 0 Å². The second-order valence-electron chi connectivity index (χ2n) is 6.55. The quantitative estimate of drug-likeness (QED) is 0.657. The molecule has 2 aliphatic heterocycles. The Morgan fingerprint density at radius 3 is 3.00 bits per heavy atom. The van der Waals surface area contributed by atoms with E-state index in [1.54, 1.807) is 0 Å². The maximum absolute atomic E-state index is 9.73. The van der Waals surface area contributed by atoms with E-state index >= 15 is 0 Å². The molecule has 0 unspecified atom stereocenters. The van der Waals surface area contributed by atoms with E-state index in [1.165, 1.54) is 23.2 Å². The Hall–Kier alpha value is -1.75. The summed E-state index contributed by atoms with van der Waals surface area (Å²) in [6.07, 6.45) is 2.99. The van der Waals surface area contributed by atoms with Gasteiger partial charge in [0.25, 0.3) is 0 Å². The molecule has 2 heterocycles. The van der Waals surface area contributed by atoms with Crippen LogP contribution in [-0.4, -0.2) is 55.3 Å². The van der Waals surface area contributed by atoms with Crippen molar-refractivity contribution in [2.45, 2.75) is 38.8 Å². The fourth-order valence-electron chi connectivity index (χ4n) is 3.46. The largest absolute Gasteiger partial charge is 0.391 e. The number of hydrogen-bond acceptors (Lipinski definition) is 3. The van der Waals surface area contributed by atoms with Gasteiger partial charge in [-0.2, -0.15) is 0 Å². The molecule has 5 heteroatoms. The minimum absolute atomic E-state index is 0.224. The van der Waals surface area contributed by atoms with Crippen molar-refractivity contribution < 1.29 is 5.11 Å². The van der Waals surface area contributed by atoms with E-state index in [4.69, 9.17) is 4.99 Å². The summed E-state index contributed by atoms with van der Waals surface area (Å²) in [7, 11) is 2.16. The molecule has 0 saturated carbocycles. The summed E-state index contributed by atoms with van der Waals surface area (Å²) >= 11 is 0. The van der Waals surface area contributed by atoms with E-state index in [1.807, 2.05) is 0 Å². The molecule has 0 amide bonds. The lowest BCUT2D eigenvalue weighted by Crippen LogP contribution is -2.40. The number of aliphatic hydroxyl groups is 1. The van der Waals surface area contributed by atoms with Gasteiger partial charge in [0.15, 0.2) is 5.96 Å². The molecule has 1 atom stereocenters. The number of anilines is 1. The molecule has 0 aliphatic carbocycles. The summed E-state index contributed by atoms with van der Waals surface area (Å²) in [5.74, 6) is 0.916. The van der Waals surface area contributed by atoms with Gasteiger partial charge in [-0.3, -0.25) is 0 Å². The third-order valence-electron chi connectivity index (χ3n) is 4.70. The highest BCUT2D eigenvalue weighted by Crippen LogP contribution is 2.27. The minimum atomic E-state index is -0.224. The van der Waals surface area contributed by atoms with Gasteiger partial charge >= 0.3 is 0 Å². The highest BCUT2D eigenvalue weighted by Gasteiger charge is 2.22. The number of aliphatic imine (C=N–C) groups is 1. The maximum Gasteiger partial charge on any atom is 0.194 e. The van der Waals surface area contributed by atoms with Crippen molar-refractivity contribution in [1.29, 1.82) is 0 Å². The summed E-state index contributed by atoms with van der Waals surface area (Å²) in [6.45, 7) is 6.32. The zero-order chi connectivity index (χ0) is 16.2. The van der Waals surface area contributed by atoms with Crippen LogP contribution in [0.4, 0.5) is 5.69 Å². The number of guanidine groups is 1. The number of likely N-dealkylation sites (tertiary alicyclic amines) is 1. The van der Waals surface area contributed by atoms with Crippen LogP contribution < -0.4 is 10.2 Å². The first-order valence-corrected chi connectivity index (χ1v) is 8.71. The summed E-state index contributed by atoms with van der Waals surface area (Å²) in [6, 6.07) is 6.72. The van der Waals surface area contributed by atoms with E-state index in [9.17, 15) is 5.11 Å². The topological polar surface area (TPSA) is 51.1 Å². The zero-order valence-electron chi connectivity index (χ0n) is 14.3. The van der Waals surface area contributed by atoms with E-state index in [0.29, 0.717) is 13.1 Å². The number of hydrogen-bond donors (Lipinski definition) is 2. The van der Waals surface area contributed by atoms with Crippen molar-refractivity contribution in [1.82, 2.24) is 10.2 Å². The summed E-state index contributed by atoms with van der Waals surface area (Å²) in [4.78, 5) is 9.26. The highest BCUT2D eigenvalue weighted by atomic mass is 16.3. The molecule has 0 aromatic heterocycles. The van der Waals surface area contributed by atoms with Crippen LogP contribution in [0.25, 0.3) is 0 Å². The predicted octanol–water partition coefficient (Wildman–Crippen LogP) is 1.60. The van der Waals surface area contributed by atoms with Crippen molar-refractivity contribution in [3.63, 3.8) is 0 Å². The molecular formula is C18H28N4O. The van der Waals surface area contributed by atoms with Crippen LogP contribution in [0.2, 0.25) is 0 Å². The van der Waals surface area contributed by atoms with E-state index in [0.717, 1.165) is 38.4 Å². The Labute approximate surface area is 139 Å². The molecule has 0 radical (unpaired) electrons. The molecular weight excluding hydrogens is 288 g/mol. The van der Waals surface area contributed by atoms with Crippen molar-refractivity contribution in [2.75, 3.05) is 38.1 Å².